The predicted molar refractivity (Wildman–Crippen MR) is 163 cm³/mol. The van der Waals surface area contributed by atoms with E-state index in [0.717, 1.165) is 48.7 Å². The van der Waals surface area contributed by atoms with Crippen LogP contribution in [0.25, 0.3) is 10.9 Å². The third-order valence-corrected chi connectivity index (χ3v) is 9.39. The third-order valence-electron chi connectivity index (χ3n) is 8.57. The highest BCUT2D eigenvalue weighted by Crippen LogP contribution is 2.34. The van der Waals surface area contributed by atoms with E-state index < -0.39 is 11.9 Å². The maximum absolute atomic E-state index is 13.2. The summed E-state index contributed by atoms with van der Waals surface area (Å²) >= 11 is 12.6. The maximum atomic E-state index is 13.2. The smallest absolute Gasteiger partial charge is 0.307 e. The van der Waals surface area contributed by atoms with Crippen molar-refractivity contribution in [3.05, 3.63) is 58.2 Å². The number of carboxylic acid groups (broad SMARTS) is 1. The summed E-state index contributed by atoms with van der Waals surface area (Å²) < 4.78 is 1.91. The molecule has 2 N–H and O–H groups in total. The van der Waals surface area contributed by atoms with E-state index in [4.69, 9.17) is 23.2 Å². The molecular weight excluding hydrogens is 563 g/mol. The Morgan fingerprint density at radius 2 is 1.66 bits per heavy atom. The number of halogens is 2. The molecule has 0 spiro atoms. The number of nitrogens with zero attached hydrogens (tertiary/aromatic N) is 3. The minimum atomic E-state index is -0.847. The fourth-order valence-electron chi connectivity index (χ4n) is 6.28. The topological polar surface area (TPSA) is 94.9 Å². The molecular formula is C31H36Cl2N4O4. The van der Waals surface area contributed by atoms with Gasteiger partial charge in [-0.15, -0.1) is 0 Å². The Hall–Kier alpha value is -3.23. The number of rotatable bonds is 8. The van der Waals surface area contributed by atoms with Crippen LogP contribution in [0.1, 0.15) is 55.9 Å². The number of aliphatic carboxylic acids is 1. The van der Waals surface area contributed by atoms with E-state index in [-0.39, 0.29) is 24.2 Å². The molecule has 1 aliphatic carbocycles. The lowest BCUT2D eigenvalue weighted by atomic mass is 9.78. The van der Waals surface area contributed by atoms with Crippen LogP contribution in [0.5, 0.6) is 0 Å². The van der Waals surface area contributed by atoms with Crippen molar-refractivity contribution < 1.29 is 19.5 Å². The number of carbonyl (C=O) groups is 3. The second kappa shape index (κ2) is 12.7. The Kier molecular flexibility index (Phi) is 9.09. The number of fused-ring (bicyclic) bond motifs is 1. The molecule has 2 heterocycles. The molecule has 2 amide bonds. The van der Waals surface area contributed by atoms with Gasteiger partial charge in [-0.05, 0) is 68.1 Å². The van der Waals surface area contributed by atoms with Gasteiger partial charge in [0.1, 0.15) is 5.69 Å². The van der Waals surface area contributed by atoms with Crippen molar-refractivity contribution in [1.29, 1.82) is 0 Å². The summed E-state index contributed by atoms with van der Waals surface area (Å²) in [6, 6.07) is 13.0. The Morgan fingerprint density at radius 3 is 2.29 bits per heavy atom. The summed E-state index contributed by atoms with van der Waals surface area (Å²) in [6.07, 6.45) is 5.15. The fraction of sp³-hybridized carbons (Fsp3) is 0.452. The monoisotopic (exact) mass is 598 g/mol. The van der Waals surface area contributed by atoms with Crippen LogP contribution < -0.4 is 10.2 Å². The van der Waals surface area contributed by atoms with Gasteiger partial charge >= 0.3 is 5.97 Å². The first-order valence-corrected chi connectivity index (χ1v) is 15.2. The summed E-state index contributed by atoms with van der Waals surface area (Å²) in [4.78, 5) is 42.1. The van der Waals surface area contributed by atoms with Crippen LogP contribution in [0.3, 0.4) is 0 Å². The average Bonchev–Trinajstić information content (AvgIpc) is 3.38. The van der Waals surface area contributed by atoms with Gasteiger partial charge in [0.05, 0.1) is 21.5 Å². The zero-order chi connectivity index (χ0) is 29.1. The second-order valence-corrected chi connectivity index (χ2v) is 11.8. The van der Waals surface area contributed by atoms with Crippen LogP contribution in [0.2, 0.25) is 10.0 Å². The number of hydrogen-bond acceptors (Lipinski definition) is 4. The summed E-state index contributed by atoms with van der Waals surface area (Å²) in [5.74, 6) is -1.62. The van der Waals surface area contributed by atoms with Gasteiger partial charge in [0.25, 0.3) is 5.91 Å². The number of carboxylic acids is 1. The van der Waals surface area contributed by atoms with Gasteiger partial charge in [0, 0.05) is 55.9 Å². The van der Waals surface area contributed by atoms with E-state index in [2.05, 4.69) is 10.2 Å². The molecule has 218 valence electrons. The molecule has 1 aliphatic heterocycles. The van der Waals surface area contributed by atoms with Gasteiger partial charge in [-0.3, -0.25) is 14.4 Å². The zero-order valence-electron chi connectivity index (χ0n) is 23.2. The molecule has 5 rings (SSSR count). The van der Waals surface area contributed by atoms with Crippen LogP contribution >= 0.6 is 23.2 Å². The van der Waals surface area contributed by atoms with Crippen molar-refractivity contribution in [2.45, 2.75) is 52.0 Å². The highest BCUT2D eigenvalue weighted by molar-refractivity contribution is 6.45. The van der Waals surface area contributed by atoms with Crippen molar-refractivity contribution in [3.63, 3.8) is 0 Å². The first kappa shape index (κ1) is 29.3. The van der Waals surface area contributed by atoms with E-state index in [1.165, 1.54) is 0 Å². The standard InChI is InChI=1S/C31H36Cl2N4O4/c1-2-37-26-13-12-25(32)29(33)24(26)18-27(37)30(39)34-21-8-10-22(11-9-21)35-14-16-36(17-15-35)28(38)19-23(31(40)41)20-6-4-3-5-7-20/h8-13,18,20,23H,2-7,14-17,19H2,1H3,(H,34,39)(H,40,41). The highest BCUT2D eigenvalue weighted by Gasteiger charge is 2.33. The normalized spacial score (nSPS) is 17.0. The van der Waals surface area contributed by atoms with E-state index in [9.17, 15) is 19.5 Å². The van der Waals surface area contributed by atoms with Crippen molar-refractivity contribution in [1.82, 2.24) is 9.47 Å². The molecule has 2 aromatic carbocycles. The number of aryl methyl sites for hydroxylation is 1. The van der Waals surface area contributed by atoms with Crippen LogP contribution in [-0.4, -0.2) is 58.5 Å². The number of benzene rings is 2. The van der Waals surface area contributed by atoms with Crippen LogP contribution in [0.4, 0.5) is 11.4 Å². The summed E-state index contributed by atoms with van der Waals surface area (Å²) in [7, 11) is 0. The zero-order valence-corrected chi connectivity index (χ0v) is 24.8. The molecule has 1 atom stereocenters. The summed E-state index contributed by atoms with van der Waals surface area (Å²) in [5.41, 5.74) is 3.04. The Labute approximate surface area is 250 Å². The van der Waals surface area contributed by atoms with Crippen LogP contribution in [-0.2, 0) is 16.1 Å². The average molecular weight is 600 g/mol. The second-order valence-electron chi connectivity index (χ2n) is 11.0. The Morgan fingerprint density at radius 1 is 0.976 bits per heavy atom. The lowest BCUT2D eigenvalue weighted by Gasteiger charge is -2.37. The lowest BCUT2D eigenvalue weighted by molar-refractivity contribution is -0.148. The van der Waals surface area contributed by atoms with Gasteiger partial charge in [-0.2, -0.15) is 0 Å². The van der Waals surface area contributed by atoms with Crippen LogP contribution in [0.15, 0.2) is 42.5 Å². The van der Waals surface area contributed by atoms with E-state index >= 15 is 0 Å². The first-order chi connectivity index (χ1) is 19.8. The fourth-order valence-corrected chi connectivity index (χ4v) is 6.66. The van der Waals surface area contributed by atoms with Crippen molar-refractivity contribution in [3.8, 4) is 0 Å². The number of amides is 2. The first-order valence-electron chi connectivity index (χ1n) is 14.4. The highest BCUT2D eigenvalue weighted by atomic mass is 35.5. The molecule has 41 heavy (non-hydrogen) atoms. The van der Waals surface area contributed by atoms with Gasteiger partial charge < -0.3 is 24.8 Å². The minimum absolute atomic E-state index is 0.0614. The summed E-state index contributed by atoms with van der Waals surface area (Å²) in [5, 5.41) is 14.4. The largest absolute Gasteiger partial charge is 0.481 e. The van der Waals surface area contributed by atoms with Gasteiger partial charge in [0.15, 0.2) is 0 Å². The quantitative estimate of drug-likeness (QED) is 0.307. The summed E-state index contributed by atoms with van der Waals surface area (Å²) in [6.45, 7) is 5.03. The molecule has 2 aliphatic rings. The molecule has 10 heteroatoms. The number of piperazine rings is 1. The van der Waals surface area contributed by atoms with Crippen LogP contribution in [0, 0.1) is 11.8 Å². The number of nitrogens with one attached hydrogen (secondary N) is 1. The SMILES string of the molecule is CCn1c(C(=O)Nc2ccc(N3CCN(C(=O)CC(C(=O)O)C4CCCCC4)CC3)cc2)cc2c(Cl)c(Cl)ccc21. The lowest BCUT2D eigenvalue weighted by Crippen LogP contribution is -2.49. The minimum Gasteiger partial charge on any atom is -0.481 e. The predicted octanol–water partition coefficient (Wildman–Crippen LogP) is 6.54. The molecule has 1 aromatic heterocycles. The van der Waals surface area contributed by atoms with E-state index in [0.29, 0.717) is 54.2 Å². The Bertz CT molecular complexity index is 1420. The number of anilines is 2. The molecule has 1 unspecified atom stereocenters. The third kappa shape index (κ3) is 6.33. The Balaban J connectivity index is 1.17. The van der Waals surface area contributed by atoms with Crippen molar-refractivity contribution in [2.24, 2.45) is 11.8 Å². The van der Waals surface area contributed by atoms with E-state index in [1.54, 1.807) is 17.0 Å². The molecule has 1 saturated carbocycles. The number of aromatic nitrogens is 1. The van der Waals surface area contributed by atoms with Crippen molar-refractivity contribution >= 4 is 63.3 Å². The molecule has 8 nitrogen and oxygen atoms in total. The number of carbonyl (C=O) groups excluding carboxylic acids is 2. The maximum Gasteiger partial charge on any atom is 0.307 e. The van der Waals surface area contributed by atoms with Crippen molar-refractivity contribution in [2.75, 3.05) is 36.4 Å². The molecule has 2 fully saturated rings. The molecule has 0 radical (unpaired) electrons. The number of hydrogen-bond donors (Lipinski definition) is 2. The van der Waals surface area contributed by atoms with Gasteiger partial charge in [0.2, 0.25) is 5.91 Å². The molecule has 3 aromatic rings. The van der Waals surface area contributed by atoms with Gasteiger partial charge in [-0.25, -0.2) is 0 Å². The van der Waals surface area contributed by atoms with E-state index in [1.807, 2.05) is 41.8 Å². The molecule has 0 bridgehead atoms. The molecule has 1 saturated heterocycles. The van der Waals surface area contributed by atoms with Gasteiger partial charge in [-0.1, -0.05) is 42.5 Å².